The molecule has 12 heteroatoms. The molecule has 0 aliphatic carbocycles. The van der Waals surface area contributed by atoms with Gasteiger partial charge in [-0.3, -0.25) is 20.0 Å². The molecule has 0 saturated carbocycles. The average molecular weight is 541 g/mol. The van der Waals surface area contributed by atoms with Crippen molar-refractivity contribution in [3.8, 4) is 0 Å². The maximum absolute atomic E-state index is 12.9. The van der Waals surface area contributed by atoms with Crippen LogP contribution in [0.1, 0.15) is 16.7 Å². The second-order valence-corrected chi connectivity index (χ2v) is 10.9. The highest BCUT2D eigenvalue weighted by molar-refractivity contribution is 7.99. The van der Waals surface area contributed by atoms with Gasteiger partial charge in [-0.1, -0.05) is 54.6 Å². The summed E-state index contributed by atoms with van der Waals surface area (Å²) in [5.74, 6) is -1.25. The predicted octanol–water partition coefficient (Wildman–Crippen LogP) is 1.38. The Morgan fingerprint density at radius 2 is 1.62 bits per heavy atom. The second kappa shape index (κ2) is 13.5. The van der Waals surface area contributed by atoms with Crippen molar-refractivity contribution in [2.24, 2.45) is 5.73 Å². The first-order chi connectivity index (χ1) is 17.7. The van der Waals surface area contributed by atoms with Crippen molar-refractivity contribution >= 4 is 39.4 Å². The number of thioether (sulfide) groups is 1. The molecule has 0 radical (unpaired) electrons. The average Bonchev–Trinajstić information content (AvgIpc) is 2.89. The van der Waals surface area contributed by atoms with E-state index in [0.29, 0.717) is 11.1 Å². The van der Waals surface area contributed by atoms with Crippen molar-refractivity contribution in [2.45, 2.75) is 23.2 Å². The molecule has 0 aliphatic rings. The summed E-state index contributed by atoms with van der Waals surface area (Å²) < 4.78 is 28.0. The first-order valence-corrected chi connectivity index (χ1v) is 13.9. The molecule has 2 aromatic carbocycles. The van der Waals surface area contributed by atoms with E-state index in [4.69, 9.17) is 11.1 Å². The minimum absolute atomic E-state index is 0.0469. The van der Waals surface area contributed by atoms with Crippen LogP contribution in [0.2, 0.25) is 0 Å². The topological polar surface area (TPSA) is 167 Å². The van der Waals surface area contributed by atoms with E-state index in [1.807, 2.05) is 0 Å². The molecule has 6 N–H and O–H groups in total. The van der Waals surface area contributed by atoms with E-state index in [9.17, 15) is 18.0 Å². The largest absolute Gasteiger partial charge is 0.384 e. The lowest BCUT2D eigenvalue weighted by Crippen LogP contribution is -2.50. The van der Waals surface area contributed by atoms with Crippen molar-refractivity contribution in [3.05, 3.63) is 95.8 Å². The van der Waals surface area contributed by atoms with E-state index in [1.165, 1.54) is 11.8 Å². The van der Waals surface area contributed by atoms with Crippen molar-refractivity contribution in [3.63, 3.8) is 0 Å². The fourth-order valence-electron chi connectivity index (χ4n) is 3.19. The number of nitrogen functional groups attached to an aromatic ring is 1. The van der Waals surface area contributed by atoms with Gasteiger partial charge in [-0.05, 0) is 23.3 Å². The lowest BCUT2D eigenvalue weighted by Gasteiger charge is -2.18. The Morgan fingerprint density at radius 3 is 2.27 bits per heavy atom. The summed E-state index contributed by atoms with van der Waals surface area (Å²) in [5, 5.41) is 12.6. The number of rotatable bonds is 13. The Hall–Kier alpha value is -3.74. The molecule has 10 nitrogen and oxygen atoms in total. The van der Waals surface area contributed by atoms with Crippen molar-refractivity contribution < 1.29 is 18.0 Å². The molecule has 194 valence electrons. The van der Waals surface area contributed by atoms with E-state index in [0.717, 1.165) is 10.5 Å². The highest BCUT2D eigenvalue weighted by atomic mass is 32.2. The lowest BCUT2D eigenvalue weighted by atomic mass is 10.1. The fraction of sp³-hybridized carbons (Fsp3) is 0.200. The third-order valence-electron chi connectivity index (χ3n) is 5.08. The molecule has 3 rings (SSSR count). The molecule has 0 bridgehead atoms. The predicted molar refractivity (Wildman–Crippen MR) is 143 cm³/mol. The Balaban J connectivity index is 1.57. The van der Waals surface area contributed by atoms with Crippen molar-refractivity contribution in [1.82, 2.24) is 20.3 Å². The second-order valence-electron chi connectivity index (χ2n) is 8.01. The van der Waals surface area contributed by atoms with Crippen LogP contribution in [0.15, 0.2) is 84.0 Å². The van der Waals surface area contributed by atoms with E-state index in [1.54, 1.807) is 79.1 Å². The van der Waals surface area contributed by atoms with Gasteiger partial charge in [-0.15, -0.1) is 11.8 Å². The summed E-state index contributed by atoms with van der Waals surface area (Å²) in [6, 6.07) is 17.9. The highest BCUT2D eigenvalue weighted by Crippen LogP contribution is 2.18. The number of nitrogens with zero attached hydrogens (tertiary/aromatic N) is 1. The van der Waals surface area contributed by atoms with Crippen molar-refractivity contribution in [1.29, 1.82) is 5.41 Å². The number of sulfonamides is 1. The van der Waals surface area contributed by atoms with Crippen LogP contribution in [0, 0.1) is 5.41 Å². The van der Waals surface area contributed by atoms with Crippen LogP contribution in [0.5, 0.6) is 0 Å². The number of amidine groups is 1. The molecular weight excluding hydrogens is 512 g/mol. The van der Waals surface area contributed by atoms with Gasteiger partial charge in [-0.25, -0.2) is 13.1 Å². The Labute approximate surface area is 220 Å². The number of benzene rings is 2. The molecule has 0 unspecified atom stereocenters. The zero-order valence-corrected chi connectivity index (χ0v) is 21.5. The molecule has 1 aromatic heterocycles. The van der Waals surface area contributed by atoms with Crippen molar-refractivity contribution in [2.75, 3.05) is 12.3 Å². The molecule has 0 spiro atoms. The van der Waals surface area contributed by atoms with Gasteiger partial charge >= 0.3 is 0 Å². The minimum atomic E-state index is -3.84. The number of hydrogen-bond donors (Lipinski definition) is 5. The maximum Gasteiger partial charge on any atom is 0.239 e. The Kier molecular flexibility index (Phi) is 10.2. The number of aromatic nitrogens is 1. The van der Waals surface area contributed by atoms with Gasteiger partial charge in [0.1, 0.15) is 11.9 Å². The summed E-state index contributed by atoms with van der Waals surface area (Å²) >= 11 is 1.30. The zero-order chi connectivity index (χ0) is 26.7. The van der Waals surface area contributed by atoms with Gasteiger partial charge in [-0.2, -0.15) is 0 Å². The van der Waals surface area contributed by atoms with Gasteiger partial charge in [0.2, 0.25) is 21.8 Å². The van der Waals surface area contributed by atoms with E-state index in [-0.39, 0.29) is 30.4 Å². The van der Waals surface area contributed by atoms with E-state index < -0.39 is 27.9 Å². The van der Waals surface area contributed by atoms with E-state index in [2.05, 4.69) is 20.3 Å². The van der Waals surface area contributed by atoms with Gasteiger partial charge in [0.15, 0.2) is 0 Å². The van der Waals surface area contributed by atoms with Gasteiger partial charge < -0.3 is 16.4 Å². The standard InChI is InChI=1S/C25H28N6O4S2/c26-24(27)20-8-6-18(7-9-20)14-29-23(32)15-30-25(33)22(16-36-21-10-12-28-13-11-21)31-37(34,35)17-19-4-2-1-3-5-19/h1-13,22,31H,14-17H2,(H3,26,27)(H,29,32)(H,30,33)/t22-/m0/s1. The van der Waals surface area contributed by atoms with Crippen LogP contribution in [0.25, 0.3) is 0 Å². The molecule has 0 fully saturated rings. The summed E-state index contributed by atoms with van der Waals surface area (Å²) in [6.45, 7) is -0.0981. The molecule has 0 aliphatic heterocycles. The third kappa shape index (κ3) is 9.67. The van der Waals surface area contributed by atoms with Crippen LogP contribution in [-0.4, -0.2) is 49.4 Å². The van der Waals surface area contributed by atoms with Gasteiger partial charge in [0.25, 0.3) is 0 Å². The molecule has 37 heavy (non-hydrogen) atoms. The molecule has 3 aromatic rings. The highest BCUT2D eigenvalue weighted by Gasteiger charge is 2.25. The van der Waals surface area contributed by atoms with Crippen LogP contribution in [0.3, 0.4) is 0 Å². The third-order valence-corrected chi connectivity index (χ3v) is 7.54. The SMILES string of the molecule is N=C(N)c1ccc(CNC(=O)CNC(=O)[C@H](CSc2ccncc2)NS(=O)(=O)Cc2ccccc2)cc1. The summed E-state index contributed by atoms with van der Waals surface area (Å²) in [4.78, 5) is 30.0. The Bertz CT molecular complexity index is 1300. The minimum Gasteiger partial charge on any atom is -0.384 e. The van der Waals surface area contributed by atoms with Crippen LogP contribution in [-0.2, 0) is 31.9 Å². The number of carbonyl (C=O) groups is 2. The molecule has 0 saturated heterocycles. The fourth-order valence-corrected chi connectivity index (χ4v) is 5.54. The van der Waals surface area contributed by atoms with Crippen LogP contribution < -0.4 is 21.1 Å². The normalized spacial score (nSPS) is 11.9. The van der Waals surface area contributed by atoms with Crippen LogP contribution in [0.4, 0.5) is 0 Å². The monoisotopic (exact) mass is 540 g/mol. The number of hydrogen-bond acceptors (Lipinski definition) is 7. The number of amides is 2. The quantitative estimate of drug-likeness (QED) is 0.124. The maximum atomic E-state index is 12.9. The van der Waals surface area contributed by atoms with Gasteiger partial charge in [0, 0.05) is 35.2 Å². The molecule has 1 heterocycles. The number of nitrogens with one attached hydrogen (secondary N) is 4. The first kappa shape index (κ1) is 27.8. The number of carbonyl (C=O) groups excluding carboxylic acids is 2. The van der Waals surface area contributed by atoms with E-state index >= 15 is 0 Å². The molecular formula is C25H28N6O4S2. The first-order valence-electron chi connectivity index (χ1n) is 11.3. The number of pyridine rings is 1. The molecule has 2 amide bonds. The van der Waals surface area contributed by atoms with Gasteiger partial charge in [0.05, 0.1) is 12.3 Å². The lowest BCUT2D eigenvalue weighted by molar-refractivity contribution is -0.126. The smallest absolute Gasteiger partial charge is 0.239 e. The zero-order valence-electron chi connectivity index (χ0n) is 19.9. The summed E-state index contributed by atoms with van der Waals surface area (Å²) in [7, 11) is -3.84. The summed E-state index contributed by atoms with van der Waals surface area (Å²) in [5.41, 5.74) is 7.40. The van der Waals surface area contributed by atoms with Crippen LogP contribution >= 0.6 is 11.8 Å². The number of nitrogens with two attached hydrogens (primary N) is 1. The molecule has 1 atom stereocenters. The summed E-state index contributed by atoms with van der Waals surface area (Å²) in [6.07, 6.45) is 3.21. The Morgan fingerprint density at radius 1 is 0.946 bits per heavy atom.